The van der Waals surface area contributed by atoms with Gasteiger partial charge >= 0.3 is 0 Å². The average Bonchev–Trinajstić information content (AvgIpc) is 2.40. The Morgan fingerprint density at radius 1 is 1.44 bits per heavy atom. The van der Waals surface area contributed by atoms with Crippen LogP contribution in [0.2, 0.25) is 0 Å². The molecule has 2 rings (SSSR count). The maximum Gasteiger partial charge on any atom is 0.0511 e. The summed E-state index contributed by atoms with van der Waals surface area (Å²) in [6.45, 7) is 3.77. The van der Waals surface area contributed by atoms with Gasteiger partial charge in [0.2, 0.25) is 0 Å². The molecule has 18 heavy (non-hydrogen) atoms. The maximum absolute atomic E-state index is 6.18. The Hall–Kier alpha value is -0.970. The molecule has 0 aromatic carbocycles. The molecule has 2 unspecified atom stereocenters. The smallest absolute Gasteiger partial charge is 0.0511 e. The predicted octanol–water partition coefficient (Wildman–Crippen LogP) is 1.58. The van der Waals surface area contributed by atoms with Crippen molar-refractivity contribution < 1.29 is 4.74 Å². The van der Waals surface area contributed by atoms with Gasteiger partial charge in [0, 0.05) is 37.7 Å². The quantitative estimate of drug-likeness (QED) is 0.880. The lowest BCUT2D eigenvalue weighted by atomic mass is 9.97. The number of aromatic nitrogens is 1. The van der Waals surface area contributed by atoms with E-state index in [9.17, 15) is 0 Å². The van der Waals surface area contributed by atoms with Crippen molar-refractivity contribution in [1.29, 1.82) is 0 Å². The third kappa shape index (κ3) is 3.07. The van der Waals surface area contributed by atoms with E-state index in [-0.39, 0.29) is 12.1 Å². The fraction of sp³-hybridized carbons (Fsp3) is 0.643. The second-order valence-electron chi connectivity index (χ2n) is 5.10. The molecule has 2 heterocycles. The number of nitrogens with zero attached hydrogens (tertiary/aromatic N) is 2. The number of likely N-dealkylation sites (N-methyl/N-ethyl adjacent to an activating group) is 1. The third-order valence-corrected chi connectivity index (χ3v) is 3.73. The minimum atomic E-state index is 0.0852. The summed E-state index contributed by atoms with van der Waals surface area (Å²) in [4.78, 5) is 6.60. The predicted molar refractivity (Wildman–Crippen MR) is 72.2 cm³/mol. The van der Waals surface area contributed by atoms with Gasteiger partial charge in [-0.1, -0.05) is 6.07 Å². The molecule has 0 aliphatic carbocycles. The molecule has 1 aliphatic heterocycles. The Bertz CT molecular complexity index is 349. The molecule has 0 radical (unpaired) electrons. The molecule has 1 aliphatic rings. The first-order valence-electron chi connectivity index (χ1n) is 6.65. The van der Waals surface area contributed by atoms with E-state index in [1.807, 2.05) is 12.3 Å². The van der Waals surface area contributed by atoms with E-state index in [2.05, 4.69) is 29.9 Å². The van der Waals surface area contributed by atoms with Crippen molar-refractivity contribution in [1.82, 2.24) is 9.88 Å². The van der Waals surface area contributed by atoms with E-state index in [4.69, 9.17) is 10.5 Å². The van der Waals surface area contributed by atoms with Crippen LogP contribution in [0.25, 0.3) is 0 Å². The monoisotopic (exact) mass is 249 g/mol. The van der Waals surface area contributed by atoms with E-state index >= 15 is 0 Å². The van der Waals surface area contributed by atoms with Crippen LogP contribution in [-0.4, -0.2) is 42.2 Å². The highest BCUT2D eigenvalue weighted by Crippen LogP contribution is 2.26. The zero-order valence-corrected chi connectivity index (χ0v) is 11.2. The molecule has 1 fully saturated rings. The second kappa shape index (κ2) is 6.27. The van der Waals surface area contributed by atoms with E-state index in [0.717, 1.165) is 26.1 Å². The third-order valence-electron chi connectivity index (χ3n) is 3.73. The van der Waals surface area contributed by atoms with Crippen LogP contribution in [-0.2, 0) is 4.74 Å². The number of nitrogens with two attached hydrogens (primary N) is 1. The molecule has 0 amide bonds. The van der Waals surface area contributed by atoms with Crippen molar-refractivity contribution in [3.63, 3.8) is 0 Å². The van der Waals surface area contributed by atoms with Crippen LogP contribution in [0.4, 0.5) is 0 Å². The number of ether oxygens (including phenoxy) is 1. The second-order valence-corrected chi connectivity index (χ2v) is 5.10. The van der Waals surface area contributed by atoms with Gasteiger partial charge in [-0.25, -0.2) is 0 Å². The van der Waals surface area contributed by atoms with Crippen LogP contribution in [0.5, 0.6) is 0 Å². The summed E-state index contributed by atoms with van der Waals surface area (Å²) < 4.78 is 5.43. The van der Waals surface area contributed by atoms with Gasteiger partial charge in [-0.2, -0.15) is 0 Å². The summed E-state index contributed by atoms with van der Waals surface area (Å²) in [5.74, 6) is 0. The van der Waals surface area contributed by atoms with Gasteiger partial charge in [0.25, 0.3) is 0 Å². The Labute approximate surface area is 109 Å². The van der Waals surface area contributed by atoms with Crippen LogP contribution < -0.4 is 5.73 Å². The fourth-order valence-electron chi connectivity index (χ4n) is 2.78. The van der Waals surface area contributed by atoms with Gasteiger partial charge in [-0.05, 0) is 38.4 Å². The Morgan fingerprint density at radius 3 is 2.72 bits per heavy atom. The molecule has 0 spiro atoms. The van der Waals surface area contributed by atoms with E-state index in [0.29, 0.717) is 6.04 Å². The van der Waals surface area contributed by atoms with Gasteiger partial charge in [-0.3, -0.25) is 9.88 Å². The molecule has 0 bridgehead atoms. The van der Waals surface area contributed by atoms with E-state index in [1.54, 1.807) is 6.20 Å². The van der Waals surface area contributed by atoms with Crippen LogP contribution in [0, 0.1) is 0 Å². The molecular weight excluding hydrogens is 226 g/mol. The van der Waals surface area contributed by atoms with Crippen LogP contribution in [0.15, 0.2) is 24.5 Å². The van der Waals surface area contributed by atoms with E-state index < -0.39 is 0 Å². The molecule has 1 aromatic heterocycles. The van der Waals surface area contributed by atoms with Crippen molar-refractivity contribution in [3.8, 4) is 0 Å². The Balaban J connectivity index is 2.14. The molecule has 100 valence electrons. The molecular formula is C14H23N3O. The summed E-state index contributed by atoms with van der Waals surface area (Å²) in [5, 5.41) is 0. The SMILES string of the molecule is CC(N)C(c1cccnc1)N(C)C1CCOCC1. The first kappa shape index (κ1) is 13.5. The van der Waals surface area contributed by atoms with Gasteiger partial charge in [0.15, 0.2) is 0 Å². The van der Waals surface area contributed by atoms with Crippen LogP contribution in [0.3, 0.4) is 0 Å². The zero-order valence-electron chi connectivity index (χ0n) is 11.2. The minimum absolute atomic E-state index is 0.0852. The molecule has 1 saturated heterocycles. The number of hydrogen-bond acceptors (Lipinski definition) is 4. The summed E-state index contributed by atoms with van der Waals surface area (Å²) in [6.07, 6.45) is 5.89. The van der Waals surface area contributed by atoms with Crippen molar-refractivity contribution in [2.45, 2.75) is 37.9 Å². The highest BCUT2D eigenvalue weighted by atomic mass is 16.5. The summed E-state index contributed by atoms with van der Waals surface area (Å²) >= 11 is 0. The molecule has 1 aromatic rings. The van der Waals surface area contributed by atoms with Crippen molar-refractivity contribution >= 4 is 0 Å². The first-order valence-corrected chi connectivity index (χ1v) is 6.65. The van der Waals surface area contributed by atoms with E-state index in [1.165, 1.54) is 5.56 Å². The highest BCUT2D eigenvalue weighted by Gasteiger charge is 2.28. The lowest BCUT2D eigenvalue weighted by molar-refractivity contribution is 0.0245. The van der Waals surface area contributed by atoms with Crippen molar-refractivity contribution in [2.24, 2.45) is 5.73 Å². The number of hydrogen-bond donors (Lipinski definition) is 1. The summed E-state index contributed by atoms with van der Waals surface area (Å²) in [6, 6.07) is 4.94. The molecule has 0 saturated carbocycles. The summed E-state index contributed by atoms with van der Waals surface area (Å²) in [7, 11) is 2.16. The van der Waals surface area contributed by atoms with Crippen molar-refractivity contribution in [3.05, 3.63) is 30.1 Å². The Kier molecular flexibility index (Phi) is 4.69. The van der Waals surface area contributed by atoms with Gasteiger partial charge in [-0.15, -0.1) is 0 Å². The molecule has 2 N–H and O–H groups in total. The molecule has 4 heteroatoms. The largest absolute Gasteiger partial charge is 0.381 e. The average molecular weight is 249 g/mol. The fourth-order valence-corrected chi connectivity index (χ4v) is 2.78. The lowest BCUT2D eigenvalue weighted by Crippen LogP contribution is -2.45. The lowest BCUT2D eigenvalue weighted by Gasteiger charge is -2.39. The first-order chi connectivity index (χ1) is 8.70. The standard InChI is InChI=1S/C14H23N3O/c1-11(15)14(12-4-3-7-16-10-12)17(2)13-5-8-18-9-6-13/h3-4,7,10-11,13-14H,5-6,8-9,15H2,1-2H3. The number of rotatable bonds is 4. The van der Waals surface area contributed by atoms with Crippen molar-refractivity contribution in [2.75, 3.05) is 20.3 Å². The van der Waals surface area contributed by atoms with Gasteiger partial charge in [0.1, 0.15) is 0 Å². The maximum atomic E-state index is 6.18. The Morgan fingerprint density at radius 2 is 2.17 bits per heavy atom. The highest BCUT2D eigenvalue weighted by molar-refractivity contribution is 5.16. The topological polar surface area (TPSA) is 51.4 Å². The van der Waals surface area contributed by atoms with Crippen LogP contribution in [0.1, 0.15) is 31.4 Å². The van der Waals surface area contributed by atoms with Gasteiger partial charge < -0.3 is 10.5 Å². The minimum Gasteiger partial charge on any atom is -0.381 e. The van der Waals surface area contributed by atoms with Gasteiger partial charge in [0.05, 0.1) is 6.04 Å². The molecule has 4 nitrogen and oxygen atoms in total. The number of pyridine rings is 1. The normalized spacial score (nSPS) is 20.9. The van der Waals surface area contributed by atoms with Crippen LogP contribution >= 0.6 is 0 Å². The summed E-state index contributed by atoms with van der Waals surface area (Å²) in [5.41, 5.74) is 7.37. The molecule has 2 atom stereocenters. The zero-order chi connectivity index (χ0) is 13.0.